The highest BCUT2D eigenvalue weighted by atomic mass is 32.2. The number of alkyl halides is 3. The van der Waals surface area contributed by atoms with Gasteiger partial charge in [-0.1, -0.05) is 62.0 Å². The van der Waals surface area contributed by atoms with Gasteiger partial charge in [0.1, 0.15) is 12.1 Å². The lowest BCUT2D eigenvalue weighted by molar-refractivity contribution is -0.274. The summed E-state index contributed by atoms with van der Waals surface area (Å²) in [6, 6.07) is 18.4. The molecule has 43 heavy (non-hydrogen) atoms. The van der Waals surface area contributed by atoms with Gasteiger partial charge in [0.2, 0.25) is 0 Å². The van der Waals surface area contributed by atoms with Gasteiger partial charge in [-0.15, -0.1) is 18.3 Å². The average Bonchev–Trinajstić information content (AvgIpc) is 3.62. The molecule has 1 aliphatic rings. The summed E-state index contributed by atoms with van der Waals surface area (Å²) in [7, 11) is 0. The van der Waals surface area contributed by atoms with Crippen LogP contribution in [0, 0.1) is 6.92 Å². The number of aromatic nitrogens is 3. The third-order valence-corrected chi connectivity index (χ3v) is 7.94. The number of nitrogens with zero attached hydrogens (tertiary/aromatic N) is 5. The van der Waals surface area contributed by atoms with Crippen LogP contribution in [0.4, 0.5) is 23.7 Å². The van der Waals surface area contributed by atoms with Crippen molar-refractivity contribution >= 4 is 28.6 Å². The SMILES string of the molecule is Cc1cccc(N2CCS/C2=N\C(=O)NC(C)c2ccc(-c3ncn(-c4ccc(OC(F)(F)F)cc4)n3)cc2)c1C(C)C. The second kappa shape index (κ2) is 12.5. The van der Waals surface area contributed by atoms with Gasteiger partial charge in [-0.05, 0) is 66.8 Å². The number of aliphatic imine (C=N–C) groups is 1. The molecular weight excluding hydrogens is 577 g/mol. The number of halogens is 3. The van der Waals surface area contributed by atoms with Crippen LogP contribution in [0.15, 0.2) is 78.0 Å². The predicted octanol–water partition coefficient (Wildman–Crippen LogP) is 7.64. The molecule has 12 heteroatoms. The first-order valence-electron chi connectivity index (χ1n) is 13.8. The number of ether oxygens (including phenoxy) is 1. The quantitative estimate of drug-likeness (QED) is 0.232. The lowest BCUT2D eigenvalue weighted by Crippen LogP contribution is -2.29. The smallest absolute Gasteiger partial charge is 0.406 e. The van der Waals surface area contributed by atoms with Crippen LogP contribution in [0.5, 0.6) is 5.75 Å². The van der Waals surface area contributed by atoms with Crippen molar-refractivity contribution in [1.82, 2.24) is 20.1 Å². The monoisotopic (exact) mass is 608 g/mol. The molecule has 1 atom stereocenters. The number of hydrogen-bond donors (Lipinski definition) is 1. The zero-order valence-corrected chi connectivity index (χ0v) is 24.9. The summed E-state index contributed by atoms with van der Waals surface area (Å²) in [6.45, 7) is 9.14. The maximum absolute atomic E-state index is 12.9. The summed E-state index contributed by atoms with van der Waals surface area (Å²) in [6.07, 6.45) is -3.27. The summed E-state index contributed by atoms with van der Waals surface area (Å²) in [5.41, 5.74) is 5.74. The molecular formula is C31H31F3N6O2S. The summed E-state index contributed by atoms with van der Waals surface area (Å²) < 4.78 is 42.6. The molecule has 5 rings (SSSR count). The highest BCUT2D eigenvalue weighted by Crippen LogP contribution is 2.35. The van der Waals surface area contributed by atoms with Crippen molar-refractivity contribution < 1.29 is 22.7 Å². The molecule has 1 fully saturated rings. The van der Waals surface area contributed by atoms with Crippen LogP contribution in [-0.2, 0) is 0 Å². The second-order valence-electron chi connectivity index (χ2n) is 10.4. The van der Waals surface area contributed by atoms with Gasteiger partial charge in [0.15, 0.2) is 11.0 Å². The maximum atomic E-state index is 12.9. The third-order valence-electron chi connectivity index (χ3n) is 6.98. The molecule has 1 aromatic heterocycles. The van der Waals surface area contributed by atoms with E-state index in [-0.39, 0.29) is 11.8 Å². The minimum atomic E-state index is -4.75. The van der Waals surface area contributed by atoms with Gasteiger partial charge in [-0.3, -0.25) is 0 Å². The number of amides is 2. The molecule has 0 saturated carbocycles. The number of carbonyl (C=O) groups is 1. The van der Waals surface area contributed by atoms with E-state index in [0.29, 0.717) is 22.6 Å². The van der Waals surface area contributed by atoms with Gasteiger partial charge in [0, 0.05) is 23.5 Å². The molecule has 0 spiro atoms. The fourth-order valence-electron chi connectivity index (χ4n) is 5.00. The van der Waals surface area contributed by atoms with E-state index in [1.54, 1.807) is 11.8 Å². The van der Waals surface area contributed by atoms with Gasteiger partial charge in [0.05, 0.1) is 11.7 Å². The van der Waals surface area contributed by atoms with Crippen LogP contribution in [0.25, 0.3) is 17.1 Å². The van der Waals surface area contributed by atoms with E-state index in [9.17, 15) is 18.0 Å². The van der Waals surface area contributed by atoms with E-state index < -0.39 is 12.4 Å². The number of amidine groups is 1. The first kappa shape index (κ1) is 30.1. The van der Waals surface area contributed by atoms with E-state index in [2.05, 4.69) is 62.9 Å². The van der Waals surface area contributed by atoms with E-state index >= 15 is 0 Å². The van der Waals surface area contributed by atoms with Crippen LogP contribution in [0.2, 0.25) is 0 Å². The van der Waals surface area contributed by atoms with Crippen molar-refractivity contribution in [3.63, 3.8) is 0 Å². The Morgan fingerprint density at radius 3 is 2.44 bits per heavy atom. The molecule has 2 amide bonds. The lowest BCUT2D eigenvalue weighted by Gasteiger charge is -2.24. The van der Waals surface area contributed by atoms with Crippen molar-refractivity contribution in [3.05, 3.63) is 89.7 Å². The molecule has 8 nitrogen and oxygen atoms in total. The highest BCUT2D eigenvalue weighted by molar-refractivity contribution is 8.14. The van der Waals surface area contributed by atoms with Gasteiger partial charge in [-0.25, -0.2) is 14.5 Å². The van der Waals surface area contributed by atoms with Crippen molar-refractivity contribution in [2.45, 2.75) is 46.0 Å². The number of thioether (sulfide) groups is 1. The molecule has 0 bridgehead atoms. The Morgan fingerprint density at radius 2 is 1.77 bits per heavy atom. The lowest BCUT2D eigenvalue weighted by atomic mass is 9.95. The fourth-order valence-corrected chi connectivity index (χ4v) is 5.95. The Labute approximate surface area is 252 Å². The Kier molecular flexibility index (Phi) is 8.77. The number of benzene rings is 3. The molecule has 1 aliphatic heterocycles. The molecule has 1 N–H and O–H groups in total. The topological polar surface area (TPSA) is 84.6 Å². The van der Waals surface area contributed by atoms with Crippen LogP contribution in [0.3, 0.4) is 0 Å². The fraction of sp³-hybridized carbons (Fsp3) is 0.290. The number of carbonyl (C=O) groups excluding carboxylic acids is 1. The normalized spacial score (nSPS) is 15.3. The molecule has 1 unspecified atom stereocenters. The Morgan fingerprint density at radius 1 is 1.05 bits per heavy atom. The third kappa shape index (κ3) is 7.19. The number of aryl methyl sites for hydroxylation is 1. The number of anilines is 1. The minimum absolute atomic E-state index is 0.293. The predicted molar refractivity (Wildman–Crippen MR) is 163 cm³/mol. The summed E-state index contributed by atoms with van der Waals surface area (Å²) in [4.78, 5) is 23.8. The highest BCUT2D eigenvalue weighted by Gasteiger charge is 2.31. The van der Waals surface area contributed by atoms with E-state index in [1.807, 2.05) is 37.3 Å². The number of urea groups is 1. The van der Waals surface area contributed by atoms with Gasteiger partial charge in [0.25, 0.3) is 0 Å². The summed E-state index contributed by atoms with van der Waals surface area (Å²) in [5, 5.41) is 8.09. The Bertz CT molecular complexity index is 1620. The van der Waals surface area contributed by atoms with Gasteiger partial charge >= 0.3 is 12.4 Å². The van der Waals surface area contributed by atoms with E-state index in [4.69, 9.17) is 0 Å². The Balaban J connectivity index is 1.23. The zero-order valence-electron chi connectivity index (χ0n) is 24.1. The van der Waals surface area contributed by atoms with Crippen LogP contribution in [-0.4, -0.2) is 44.6 Å². The van der Waals surface area contributed by atoms with E-state index in [0.717, 1.165) is 29.1 Å². The van der Waals surface area contributed by atoms with Gasteiger partial charge < -0.3 is 15.0 Å². The zero-order chi connectivity index (χ0) is 30.7. The van der Waals surface area contributed by atoms with Crippen molar-refractivity contribution in [2.75, 3.05) is 17.2 Å². The summed E-state index contributed by atoms with van der Waals surface area (Å²) in [5.74, 6) is 1.33. The standard InChI is InChI=1S/C31H31F3N6O2S/c1-19(2)27-20(3)6-5-7-26(27)39-16-17-43-30(39)37-29(41)36-21(4)22-8-10-23(11-9-22)28-35-18-40(38-28)24-12-14-25(15-13-24)42-31(32,33)34/h5-15,18-19,21H,16-17H2,1-4H3,(H,36,41)/b37-30-. The van der Waals surface area contributed by atoms with Crippen molar-refractivity contribution in [1.29, 1.82) is 0 Å². The average molecular weight is 609 g/mol. The molecule has 0 aliphatic carbocycles. The van der Waals surface area contributed by atoms with Crippen LogP contribution in [0.1, 0.15) is 49.4 Å². The molecule has 2 heterocycles. The van der Waals surface area contributed by atoms with Crippen molar-refractivity contribution in [2.24, 2.45) is 4.99 Å². The largest absolute Gasteiger partial charge is 0.573 e. The number of rotatable bonds is 7. The summed E-state index contributed by atoms with van der Waals surface area (Å²) >= 11 is 1.57. The molecule has 4 aromatic rings. The van der Waals surface area contributed by atoms with Crippen LogP contribution < -0.4 is 15.0 Å². The van der Waals surface area contributed by atoms with Gasteiger partial charge in [-0.2, -0.15) is 4.99 Å². The molecule has 0 radical (unpaired) electrons. The van der Waals surface area contributed by atoms with Crippen molar-refractivity contribution in [3.8, 4) is 22.8 Å². The molecule has 3 aromatic carbocycles. The minimum Gasteiger partial charge on any atom is -0.406 e. The number of nitrogens with one attached hydrogen (secondary N) is 1. The molecule has 224 valence electrons. The molecule has 1 saturated heterocycles. The van der Waals surface area contributed by atoms with Crippen LogP contribution >= 0.6 is 11.8 Å². The first-order chi connectivity index (χ1) is 20.5. The maximum Gasteiger partial charge on any atom is 0.573 e. The first-order valence-corrected chi connectivity index (χ1v) is 14.7. The second-order valence-corrected chi connectivity index (χ2v) is 11.5. The number of hydrogen-bond acceptors (Lipinski definition) is 5. The van der Waals surface area contributed by atoms with E-state index in [1.165, 1.54) is 46.4 Å². The Hall–Kier alpha value is -4.32.